The third kappa shape index (κ3) is 7.06. The Morgan fingerprint density at radius 1 is 0.980 bits per heavy atom. The molecule has 1 aliphatic carbocycles. The number of hydrogen-bond acceptors (Lipinski definition) is 9. The van der Waals surface area contributed by atoms with Gasteiger partial charge >= 0.3 is 11.8 Å². The molecule has 3 aliphatic rings. The van der Waals surface area contributed by atoms with Gasteiger partial charge in [-0.15, -0.1) is 0 Å². The average Bonchev–Trinajstić information content (AvgIpc) is 3.61. The fraction of sp³-hybridized carbons (Fsp3) is 0.541. The van der Waals surface area contributed by atoms with Crippen LogP contribution in [0.5, 0.6) is 5.75 Å². The van der Waals surface area contributed by atoms with Crippen LogP contribution < -0.4 is 26.0 Å². The van der Waals surface area contributed by atoms with Crippen LogP contribution in [-0.4, -0.2) is 74.8 Å². The number of imide groups is 1. The van der Waals surface area contributed by atoms with Gasteiger partial charge in [-0.3, -0.25) is 34.0 Å². The van der Waals surface area contributed by atoms with E-state index in [1.807, 2.05) is 62.0 Å². The normalized spacial score (nSPS) is 22.0. The molecular weight excluding hydrogens is 654 g/mol. The number of para-hydroxylation sites is 1. The molecule has 2 aromatic heterocycles. The van der Waals surface area contributed by atoms with E-state index in [1.165, 1.54) is 4.57 Å². The van der Waals surface area contributed by atoms with Crippen LogP contribution in [0.4, 0.5) is 16.2 Å². The van der Waals surface area contributed by atoms with Crippen LogP contribution in [-0.2, 0) is 26.1 Å². The zero-order valence-electron chi connectivity index (χ0n) is 29.9. The van der Waals surface area contributed by atoms with Crippen molar-refractivity contribution < 1.29 is 28.6 Å². The van der Waals surface area contributed by atoms with E-state index in [1.54, 1.807) is 18.7 Å². The lowest BCUT2D eigenvalue weighted by atomic mass is 9.92. The number of aromatic nitrogens is 4. The van der Waals surface area contributed by atoms with Gasteiger partial charge in [0.15, 0.2) is 0 Å². The summed E-state index contributed by atoms with van der Waals surface area (Å²) < 4.78 is 22.8. The molecule has 4 aromatic rings. The topological polar surface area (TPSA) is 151 Å². The number of methoxy groups -OCH3 is 1. The van der Waals surface area contributed by atoms with Gasteiger partial charge in [0.25, 0.3) is 0 Å². The zero-order chi connectivity index (χ0) is 36.0. The summed E-state index contributed by atoms with van der Waals surface area (Å²) in [6, 6.07) is 9.10. The first-order valence-electron chi connectivity index (χ1n) is 17.9. The van der Waals surface area contributed by atoms with E-state index in [0.717, 1.165) is 73.7 Å². The minimum absolute atomic E-state index is 0.162. The van der Waals surface area contributed by atoms with Crippen molar-refractivity contribution >= 4 is 51.2 Å². The van der Waals surface area contributed by atoms with Crippen LogP contribution in [0.25, 0.3) is 21.9 Å². The van der Waals surface area contributed by atoms with E-state index >= 15 is 0 Å². The molecule has 2 saturated heterocycles. The van der Waals surface area contributed by atoms with Crippen LogP contribution in [0, 0.1) is 0 Å². The first-order valence-corrected chi connectivity index (χ1v) is 17.9. The van der Waals surface area contributed by atoms with E-state index in [9.17, 15) is 19.2 Å². The summed E-state index contributed by atoms with van der Waals surface area (Å²) in [5.41, 5.74) is 2.93. The second kappa shape index (κ2) is 13.7. The Bertz CT molecular complexity index is 2020. The van der Waals surface area contributed by atoms with E-state index < -0.39 is 23.6 Å². The smallest absolute Gasteiger partial charge is 0.412 e. The van der Waals surface area contributed by atoms with E-state index in [4.69, 9.17) is 19.3 Å². The fourth-order valence-electron chi connectivity index (χ4n) is 7.79. The van der Waals surface area contributed by atoms with Gasteiger partial charge in [0.1, 0.15) is 17.4 Å². The number of imidazole rings is 1. The Balaban J connectivity index is 0.954. The zero-order valence-corrected chi connectivity index (χ0v) is 29.9. The van der Waals surface area contributed by atoms with Gasteiger partial charge in [0.05, 0.1) is 53.3 Å². The molecule has 14 heteroatoms. The van der Waals surface area contributed by atoms with E-state index in [2.05, 4.69) is 15.5 Å². The molecule has 272 valence electrons. The molecular formula is C37H47N7O7. The van der Waals surface area contributed by atoms with Gasteiger partial charge in [-0.25, -0.2) is 9.59 Å². The third-order valence-electron chi connectivity index (χ3n) is 10.3. The summed E-state index contributed by atoms with van der Waals surface area (Å²) in [5, 5.41) is 11.0. The number of fused-ring (bicyclic) bond motifs is 2. The van der Waals surface area contributed by atoms with Crippen molar-refractivity contribution in [2.75, 3.05) is 30.4 Å². The summed E-state index contributed by atoms with van der Waals surface area (Å²) in [4.78, 5) is 52.5. The Labute approximate surface area is 296 Å². The molecule has 1 atom stereocenters. The molecule has 0 radical (unpaired) electrons. The Kier molecular flexibility index (Phi) is 9.29. The van der Waals surface area contributed by atoms with Crippen LogP contribution in [0.3, 0.4) is 0 Å². The van der Waals surface area contributed by atoms with Crippen LogP contribution in [0.2, 0.25) is 0 Å². The Hall–Kier alpha value is -4.85. The summed E-state index contributed by atoms with van der Waals surface area (Å²) in [6.45, 7) is 7.06. The summed E-state index contributed by atoms with van der Waals surface area (Å²) >= 11 is 0. The molecule has 3 fully saturated rings. The number of amides is 3. The third-order valence-corrected chi connectivity index (χ3v) is 10.3. The number of carbonyl (C=O) groups is 3. The monoisotopic (exact) mass is 701 g/mol. The first kappa shape index (κ1) is 34.6. The number of nitrogens with zero attached hydrogens (tertiary/aromatic N) is 5. The molecule has 14 nitrogen and oxygen atoms in total. The molecule has 2 aliphatic heterocycles. The molecule has 51 heavy (non-hydrogen) atoms. The lowest BCUT2D eigenvalue weighted by molar-refractivity contribution is -0.135. The van der Waals surface area contributed by atoms with Crippen LogP contribution in [0.1, 0.15) is 84.2 Å². The number of hydrogen-bond donors (Lipinski definition) is 2. The second-order valence-corrected chi connectivity index (χ2v) is 14.9. The molecule has 0 bridgehead atoms. The van der Waals surface area contributed by atoms with Gasteiger partial charge in [-0.2, -0.15) is 5.10 Å². The predicted molar refractivity (Wildman–Crippen MR) is 192 cm³/mol. The summed E-state index contributed by atoms with van der Waals surface area (Å²) in [5.74, 6) is -0.212. The number of benzene rings is 2. The van der Waals surface area contributed by atoms with Crippen molar-refractivity contribution in [1.29, 1.82) is 0 Å². The lowest BCUT2D eigenvalue weighted by Gasteiger charge is -2.37. The highest BCUT2D eigenvalue weighted by atomic mass is 16.6. The highest BCUT2D eigenvalue weighted by Gasteiger charge is 2.33. The number of ether oxygens (including phenoxy) is 3. The molecule has 4 heterocycles. The standard InChI is InChI=1S/C37H47N7O7/c1-37(2,3)51-35(47)38-27-19-22-21-43(40-26(22)20-31(27)49-5)23-9-11-24(12-10-23)50-25-15-17-42(18-16-25)28-7-6-8-29-33(28)41(4)36(48)44(29)30-13-14-32(45)39-34(30)46/h6-8,19-21,23-25,30H,9-18H2,1-5H3,(H,38,47)(H,39,45,46)/t23-,24-,30?. The van der Waals surface area contributed by atoms with Crippen molar-refractivity contribution in [3.05, 3.63) is 47.0 Å². The van der Waals surface area contributed by atoms with Gasteiger partial charge in [0.2, 0.25) is 11.8 Å². The predicted octanol–water partition coefficient (Wildman–Crippen LogP) is 5.19. The maximum Gasteiger partial charge on any atom is 0.412 e. The molecule has 1 saturated carbocycles. The van der Waals surface area contributed by atoms with Crippen molar-refractivity contribution in [3.8, 4) is 5.75 Å². The van der Waals surface area contributed by atoms with Gasteiger partial charge in [-0.1, -0.05) is 6.07 Å². The van der Waals surface area contributed by atoms with Crippen molar-refractivity contribution in [2.24, 2.45) is 7.05 Å². The fourth-order valence-corrected chi connectivity index (χ4v) is 7.79. The molecule has 1 unspecified atom stereocenters. The number of anilines is 2. The van der Waals surface area contributed by atoms with Crippen molar-refractivity contribution in [1.82, 2.24) is 24.2 Å². The van der Waals surface area contributed by atoms with Crippen LogP contribution in [0.15, 0.2) is 41.3 Å². The average molecular weight is 702 g/mol. The Morgan fingerprint density at radius 2 is 1.71 bits per heavy atom. The van der Waals surface area contributed by atoms with Crippen molar-refractivity contribution in [3.63, 3.8) is 0 Å². The quantitative estimate of drug-likeness (QED) is 0.248. The maximum absolute atomic E-state index is 13.4. The first-order chi connectivity index (χ1) is 24.4. The molecule has 3 amide bonds. The minimum atomic E-state index is -0.708. The molecule has 7 rings (SSSR count). The van der Waals surface area contributed by atoms with Gasteiger partial charge < -0.3 is 19.1 Å². The summed E-state index contributed by atoms with van der Waals surface area (Å²) in [6.07, 6.45) is 7.94. The van der Waals surface area contributed by atoms with Gasteiger partial charge in [-0.05, 0) is 83.9 Å². The number of piperidine rings is 2. The van der Waals surface area contributed by atoms with E-state index in [-0.39, 0.29) is 36.3 Å². The number of nitrogens with one attached hydrogen (secondary N) is 2. The highest BCUT2D eigenvalue weighted by molar-refractivity contribution is 6.00. The van der Waals surface area contributed by atoms with Gasteiger partial charge in [0, 0.05) is 44.2 Å². The van der Waals surface area contributed by atoms with Crippen molar-refractivity contribution in [2.45, 2.75) is 102 Å². The maximum atomic E-state index is 13.4. The lowest BCUT2D eigenvalue weighted by Crippen LogP contribution is -2.44. The summed E-state index contributed by atoms with van der Waals surface area (Å²) in [7, 11) is 3.31. The molecule has 2 N–H and O–H groups in total. The second-order valence-electron chi connectivity index (χ2n) is 14.9. The van der Waals surface area contributed by atoms with Crippen LogP contribution >= 0.6 is 0 Å². The largest absolute Gasteiger partial charge is 0.494 e. The molecule has 2 aromatic carbocycles. The number of rotatable bonds is 7. The number of aryl methyl sites for hydroxylation is 1. The SMILES string of the molecule is COc1cc2nn([C@H]3CC[C@H](OC4CCN(c5cccc6c5n(C)c(=O)n6C5CCC(=O)NC5=O)CC4)CC3)cc2cc1NC(=O)OC(C)(C)C. The molecule has 0 spiro atoms. The van der Waals surface area contributed by atoms with E-state index in [0.29, 0.717) is 23.4 Å². The minimum Gasteiger partial charge on any atom is -0.494 e. The highest BCUT2D eigenvalue weighted by Crippen LogP contribution is 2.36. The Morgan fingerprint density at radius 3 is 2.39 bits per heavy atom. The number of carbonyl (C=O) groups excluding carboxylic acids is 3.